The van der Waals surface area contributed by atoms with Gasteiger partial charge >= 0.3 is 0 Å². The van der Waals surface area contributed by atoms with Gasteiger partial charge < -0.3 is 4.90 Å². The molecule has 59 heavy (non-hydrogen) atoms. The van der Waals surface area contributed by atoms with E-state index in [-0.39, 0.29) is 5.41 Å². The topological polar surface area (TPSA) is 3.24 Å². The molecule has 4 aliphatic carbocycles. The molecule has 1 heteroatoms. The van der Waals surface area contributed by atoms with Crippen molar-refractivity contribution < 1.29 is 0 Å². The van der Waals surface area contributed by atoms with E-state index in [2.05, 4.69) is 183 Å². The molecule has 4 aliphatic rings. The lowest BCUT2D eigenvalue weighted by Gasteiger charge is -2.29. The zero-order valence-electron chi connectivity index (χ0n) is 34.7. The summed E-state index contributed by atoms with van der Waals surface area (Å²) in [4.78, 5) is 2.50. The van der Waals surface area contributed by atoms with Gasteiger partial charge in [0, 0.05) is 22.5 Å². The molecule has 2 bridgehead atoms. The summed E-state index contributed by atoms with van der Waals surface area (Å²) in [5, 5.41) is 0. The highest BCUT2D eigenvalue weighted by Gasteiger charge is 2.40. The van der Waals surface area contributed by atoms with Gasteiger partial charge in [0.05, 0.1) is 0 Å². The van der Waals surface area contributed by atoms with E-state index in [1.54, 1.807) is 0 Å². The molecule has 292 valence electrons. The van der Waals surface area contributed by atoms with Crippen LogP contribution in [0.3, 0.4) is 0 Å². The van der Waals surface area contributed by atoms with Gasteiger partial charge in [-0.3, -0.25) is 0 Å². The lowest BCUT2D eigenvalue weighted by Crippen LogP contribution is -2.17. The van der Waals surface area contributed by atoms with Crippen LogP contribution in [-0.4, -0.2) is 0 Å². The molecule has 0 saturated heterocycles. The van der Waals surface area contributed by atoms with Gasteiger partial charge in [-0.25, -0.2) is 0 Å². The molecule has 0 aromatic heterocycles. The second kappa shape index (κ2) is 14.9. The Balaban J connectivity index is 0.970. The zero-order valence-corrected chi connectivity index (χ0v) is 34.7. The molecule has 0 spiro atoms. The van der Waals surface area contributed by atoms with Gasteiger partial charge in [0.1, 0.15) is 0 Å². The third-order valence-electron chi connectivity index (χ3n) is 15.0. The predicted octanol–water partition coefficient (Wildman–Crippen LogP) is 16.4. The van der Waals surface area contributed by atoms with E-state index < -0.39 is 0 Å². The first-order valence-electron chi connectivity index (χ1n) is 22.5. The summed E-state index contributed by atoms with van der Waals surface area (Å²) in [6.07, 6.45) is 12.3. The molecule has 0 radical (unpaired) electrons. The third kappa shape index (κ3) is 6.46. The molecule has 7 aromatic carbocycles. The van der Waals surface area contributed by atoms with E-state index >= 15 is 0 Å². The van der Waals surface area contributed by atoms with E-state index in [0.717, 1.165) is 17.8 Å². The van der Waals surface area contributed by atoms with Gasteiger partial charge in [-0.1, -0.05) is 167 Å². The molecule has 0 amide bonds. The fourth-order valence-electron chi connectivity index (χ4n) is 12.0. The minimum absolute atomic E-state index is 0.181. The van der Waals surface area contributed by atoms with E-state index in [0.29, 0.717) is 5.92 Å². The number of anilines is 3. The van der Waals surface area contributed by atoms with Gasteiger partial charge in [-0.15, -0.1) is 0 Å². The fraction of sp³-hybridized carbons (Fsp3) is 0.276. The quantitative estimate of drug-likeness (QED) is 0.149. The predicted molar refractivity (Wildman–Crippen MR) is 249 cm³/mol. The largest absolute Gasteiger partial charge is 0.310 e. The van der Waals surface area contributed by atoms with Crippen molar-refractivity contribution >= 4 is 17.1 Å². The van der Waals surface area contributed by atoms with E-state index in [4.69, 9.17) is 0 Å². The molecule has 3 unspecified atom stereocenters. The minimum Gasteiger partial charge on any atom is -0.310 e. The standard InChI is InChI=1S/C58H55N/c1-58(2)56-38-49(34-35-53(56)54-19-11-18-52(57(54)58)44-24-22-41(23-25-44)40-12-5-3-6-13-40)59(48-32-28-45(29-33-48)55-37-39-20-21-46(55)36-39)47-30-26-43(27-31-47)51-17-10-9-16-50(51)42-14-7-4-8-15-42/h3,5-6,9-13,16-19,22-35,38-39,42,46,55H,4,7-8,14-15,20-21,36-37H2,1-2H3. The minimum atomic E-state index is -0.181. The maximum Gasteiger partial charge on any atom is 0.0465 e. The first-order valence-corrected chi connectivity index (χ1v) is 22.5. The molecule has 3 atom stereocenters. The van der Waals surface area contributed by atoms with Gasteiger partial charge in [0.2, 0.25) is 0 Å². The van der Waals surface area contributed by atoms with Crippen LogP contribution in [0.1, 0.15) is 106 Å². The van der Waals surface area contributed by atoms with Crippen molar-refractivity contribution in [1.82, 2.24) is 0 Å². The summed E-state index contributed by atoms with van der Waals surface area (Å²) in [5.74, 6) is 3.20. The Kier molecular flexibility index (Phi) is 9.18. The Hall–Kier alpha value is -5.66. The summed E-state index contributed by atoms with van der Waals surface area (Å²) >= 11 is 0. The summed E-state index contributed by atoms with van der Waals surface area (Å²) in [5.41, 5.74) is 19.8. The lowest BCUT2D eigenvalue weighted by atomic mass is 9.78. The number of hydrogen-bond donors (Lipinski definition) is 0. The Morgan fingerprint density at radius 3 is 1.80 bits per heavy atom. The van der Waals surface area contributed by atoms with Crippen LogP contribution in [0.25, 0.3) is 44.5 Å². The Bertz CT molecular complexity index is 2610. The number of benzene rings is 7. The van der Waals surface area contributed by atoms with Crippen molar-refractivity contribution in [2.75, 3.05) is 4.90 Å². The number of fused-ring (bicyclic) bond motifs is 5. The van der Waals surface area contributed by atoms with Crippen molar-refractivity contribution in [2.45, 2.75) is 88.9 Å². The highest BCUT2D eigenvalue weighted by Crippen LogP contribution is 2.55. The molecular weight excluding hydrogens is 711 g/mol. The Morgan fingerprint density at radius 1 is 0.458 bits per heavy atom. The SMILES string of the molecule is CC1(C)c2cc(N(c3ccc(-c4ccccc4C4CCCCC4)cc3)c3ccc(C4CC5CCC4C5)cc3)ccc2-c2cccc(-c3ccc(-c4ccccc4)cc3)c21. The van der Waals surface area contributed by atoms with Crippen molar-refractivity contribution in [3.8, 4) is 44.5 Å². The molecule has 0 N–H and O–H groups in total. The summed E-state index contributed by atoms with van der Waals surface area (Å²) in [6, 6.07) is 62.4. The maximum absolute atomic E-state index is 2.50. The number of rotatable bonds is 8. The van der Waals surface area contributed by atoms with Crippen molar-refractivity contribution in [3.63, 3.8) is 0 Å². The molecule has 7 aromatic rings. The second-order valence-electron chi connectivity index (χ2n) is 18.7. The average molecular weight is 766 g/mol. The van der Waals surface area contributed by atoms with Crippen molar-refractivity contribution in [1.29, 1.82) is 0 Å². The monoisotopic (exact) mass is 765 g/mol. The van der Waals surface area contributed by atoms with Crippen LogP contribution >= 0.6 is 0 Å². The summed E-state index contributed by atoms with van der Waals surface area (Å²) < 4.78 is 0. The zero-order chi connectivity index (χ0) is 39.5. The smallest absolute Gasteiger partial charge is 0.0465 e. The van der Waals surface area contributed by atoms with Crippen molar-refractivity contribution in [2.24, 2.45) is 11.8 Å². The van der Waals surface area contributed by atoms with E-state index in [9.17, 15) is 0 Å². The van der Waals surface area contributed by atoms with Crippen LogP contribution in [0.2, 0.25) is 0 Å². The molecule has 0 heterocycles. The second-order valence-corrected chi connectivity index (χ2v) is 18.7. The molecule has 11 rings (SSSR count). The highest BCUT2D eigenvalue weighted by atomic mass is 15.1. The average Bonchev–Trinajstić information content (AvgIpc) is 4.00. The summed E-state index contributed by atoms with van der Waals surface area (Å²) in [7, 11) is 0. The van der Waals surface area contributed by atoms with Crippen LogP contribution in [0.15, 0.2) is 164 Å². The third-order valence-corrected chi connectivity index (χ3v) is 15.0. The normalized spacial score (nSPS) is 20.3. The van der Waals surface area contributed by atoms with Gasteiger partial charge in [0.25, 0.3) is 0 Å². The van der Waals surface area contributed by atoms with Gasteiger partial charge in [-0.2, -0.15) is 0 Å². The summed E-state index contributed by atoms with van der Waals surface area (Å²) in [6.45, 7) is 4.85. The fourth-order valence-corrected chi connectivity index (χ4v) is 12.0. The molecule has 1 nitrogen and oxygen atoms in total. The highest BCUT2D eigenvalue weighted by molar-refractivity contribution is 5.91. The van der Waals surface area contributed by atoms with Crippen LogP contribution in [0.5, 0.6) is 0 Å². The molecule has 0 aliphatic heterocycles. The lowest BCUT2D eigenvalue weighted by molar-refractivity contribution is 0.420. The first-order chi connectivity index (χ1) is 29.0. The van der Waals surface area contributed by atoms with Crippen LogP contribution in [0, 0.1) is 11.8 Å². The number of nitrogens with zero attached hydrogens (tertiary/aromatic N) is 1. The van der Waals surface area contributed by atoms with Crippen molar-refractivity contribution in [3.05, 3.63) is 186 Å². The van der Waals surface area contributed by atoms with E-state index in [1.807, 2.05) is 0 Å². The Morgan fingerprint density at radius 2 is 1.07 bits per heavy atom. The van der Waals surface area contributed by atoms with Gasteiger partial charge in [0.15, 0.2) is 0 Å². The number of hydrogen-bond acceptors (Lipinski definition) is 1. The molecule has 3 fully saturated rings. The molecule has 3 saturated carbocycles. The van der Waals surface area contributed by atoms with Crippen LogP contribution in [-0.2, 0) is 5.41 Å². The van der Waals surface area contributed by atoms with Gasteiger partial charge in [-0.05, 0) is 159 Å². The van der Waals surface area contributed by atoms with Crippen LogP contribution < -0.4 is 4.90 Å². The maximum atomic E-state index is 2.50. The first kappa shape index (κ1) is 36.4. The van der Waals surface area contributed by atoms with E-state index in [1.165, 1.54) is 142 Å². The Labute approximate surface area is 351 Å². The van der Waals surface area contributed by atoms with Crippen LogP contribution in [0.4, 0.5) is 17.1 Å². The molecular formula is C58H55N.